The summed E-state index contributed by atoms with van der Waals surface area (Å²) in [6.07, 6.45) is 0.945. The molecule has 0 bridgehead atoms. The van der Waals surface area contributed by atoms with Crippen LogP contribution in [0.15, 0.2) is 30.2 Å². The van der Waals surface area contributed by atoms with Gasteiger partial charge in [0.1, 0.15) is 23.4 Å². The number of benzene rings is 1. The van der Waals surface area contributed by atoms with Gasteiger partial charge in [-0.15, -0.1) is 0 Å². The monoisotopic (exact) mass is 270 g/mol. The van der Waals surface area contributed by atoms with Crippen molar-refractivity contribution in [3.8, 4) is 5.75 Å². The molecule has 0 radical (unpaired) electrons. The standard InChI is InChI=1S/C12H11FO6/c1-17-6-10(12(16)18-2)19-9-4-3-7(13)5-8(9)11(14)15/h3-6H,1-2H3,(H,14,15)/b10-6+. The van der Waals surface area contributed by atoms with Crippen LogP contribution in [0.25, 0.3) is 0 Å². The van der Waals surface area contributed by atoms with E-state index in [0.717, 1.165) is 31.6 Å². The van der Waals surface area contributed by atoms with E-state index in [4.69, 9.17) is 9.84 Å². The van der Waals surface area contributed by atoms with Crippen molar-refractivity contribution in [2.75, 3.05) is 14.2 Å². The quantitative estimate of drug-likeness (QED) is 0.496. The topological polar surface area (TPSA) is 82.1 Å². The van der Waals surface area contributed by atoms with Crippen LogP contribution in [0.2, 0.25) is 0 Å². The van der Waals surface area contributed by atoms with Gasteiger partial charge in [0, 0.05) is 0 Å². The summed E-state index contributed by atoms with van der Waals surface area (Å²) in [5, 5.41) is 8.92. The molecule has 0 aliphatic carbocycles. The Morgan fingerprint density at radius 3 is 2.53 bits per heavy atom. The van der Waals surface area contributed by atoms with Crippen LogP contribution >= 0.6 is 0 Å². The maximum Gasteiger partial charge on any atom is 0.377 e. The van der Waals surface area contributed by atoms with E-state index in [-0.39, 0.29) is 11.5 Å². The third-order valence-corrected chi connectivity index (χ3v) is 2.00. The number of hydrogen-bond donors (Lipinski definition) is 1. The Morgan fingerprint density at radius 2 is 2.00 bits per heavy atom. The van der Waals surface area contributed by atoms with Crippen molar-refractivity contribution in [1.29, 1.82) is 0 Å². The molecule has 0 atom stereocenters. The highest BCUT2D eigenvalue weighted by molar-refractivity contribution is 5.92. The lowest BCUT2D eigenvalue weighted by Crippen LogP contribution is -2.13. The largest absolute Gasteiger partial charge is 0.500 e. The van der Waals surface area contributed by atoms with Gasteiger partial charge < -0.3 is 19.3 Å². The van der Waals surface area contributed by atoms with Gasteiger partial charge in [0.05, 0.1) is 14.2 Å². The lowest BCUT2D eigenvalue weighted by Gasteiger charge is -2.10. The smallest absolute Gasteiger partial charge is 0.377 e. The van der Waals surface area contributed by atoms with Crippen molar-refractivity contribution >= 4 is 11.9 Å². The molecule has 0 saturated heterocycles. The van der Waals surface area contributed by atoms with Gasteiger partial charge in [-0.1, -0.05) is 0 Å². The zero-order chi connectivity index (χ0) is 14.4. The second-order valence-corrected chi connectivity index (χ2v) is 3.26. The summed E-state index contributed by atoms with van der Waals surface area (Å²) in [6.45, 7) is 0. The van der Waals surface area contributed by atoms with Crippen LogP contribution in [-0.4, -0.2) is 31.3 Å². The van der Waals surface area contributed by atoms with Crippen LogP contribution in [0.3, 0.4) is 0 Å². The molecule has 0 aliphatic rings. The number of carboxylic acids is 1. The second kappa shape index (κ2) is 6.39. The SMILES string of the molecule is CO/C=C(/Oc1ccc(F)cc1C(=O)O)C(=O)OC. The van der Waals surface area contributed by atoms with Gasteiger partial charge in [-0.2, -0.15) is 0 Å². The maximum atomic E-state index is 13.0. The molecule has 0 aromatic heterocycles. The third kappa shape index (κ3) is 3.70. The average Bonchev–Trinajstić information content (AvgIpc) is 2.38. The fourth-order valence-corrected chi connectivity index (χ4v) is 1.20. The van der Waals surface area contributed by atoms with Gasteiger partial charge in [-0.25, -0.2) is 14.0 Å². The zero-order valence-electron chi connectivity index (χ0n) is 10.2. The molecule has 1 N–H and O–H groups in total. The zero-order valence-corrected chi connectivity index (χ0v) is 10.2. The van der Waals surface area contributed by atoms with E-state index in [1.54, 1.807) is 0 Å². The summed E-state index contributed by atoms with van der Waals surface area (Å²) >= 11 is 0. The summed E-state index contributed by atoms with van der Waals surface area (Å²) < 4.78 is 27.1. The predicted octanol–water partition coefficient (Wildman–Crippen LogP) is 1.56. The fourth-order valence-electron chi connectivity index (χ4n) is 1.20. The molecule has 1 aromatic rings. The first kappa shape index (κ1) is 14.5. The number of ether oxygens (including phenoxy) is 3. The van der Waals surface area contributed by atoms with Crippen molar-refractivity contribution in [3.63, 3.8) is 0 Å². The number of esters is 1. The van der Waals surface area contributed by atoms with Crippen LogP contribution in [0.4, 0.5) is 4.39 Å². The van der Waals surface area contributed by atoms with Crippen LogP contribution in [-0.2, 0) is 14.3 Å². The van der Waals surface area contributed by atoms with Gasteiger partial charge in [-0.05, 0) is 18.2 Å². The highest BCUT2D eigenvalue weighted by Crippen LogP contribution is 2.22. The highest BCUT2D eigenvalue weighted by Gasteiger charge is 2.18. The normalized spacial score (nSPS) is 10.8. The number of carbonyl (C=O) groups excluding carboxylic acids is 1. The molecule has 0 saturated carbocycles. The van der Waals surface area contributed by atoms with Gasteiger partial charge in [-0.3, -0.25) is 0 Å². The molecule has 0 spiro atoms. The Bertz CT molecular complexity index is 523. The number of carboxylic acid groups (broad SMARTS) is 1. The number of aromatic carboxylic acids is 1. The molecule has 102 valence electrons. The molecule has 0 heterocycles. The van der Waals surface area contributed by atoms with Crippen molar-refractivity contribution < 1.29 is 33.3 Å². The molecule has 7 heteroatoms. The lowest BCUT2D eigenvalue weighted by molar-refractivity contribution is -0.138. The maximum absolute atomic E-state index is 13.0. The first-order valence-corrected chi connectivity index (χ1v) is 5.01. The van der Waals surface area contributed by atoms with Crippen molar-refractivity contribution in [3.05, 3.63) is 41.6 Å². The highest BCUT2D eigenvalue weighted by atomic mass is 19.1. The Kier molecular flexibility index (Phi) is 4.87. The van der Waals surface area contributed by atoms with E-state index >= 15 is 0 Å². The number of hydrogen-bond acceptors (Lipinski definition) is 5. The van der Waals surface area contributed by atoms with Crippen molar-refractivity contribution in [2.45, 2.75) is 0 Å². The second-order valence-electron chi connectivity index (χ2n) is 3.26. The molecule has 19 heavy (non-hydrogen) atoms. The summed E-state index contributed by atoms with van der Waals surface area (Å²) in [7, 11) is 2.40. The van der Waals surface area contributed by atoms with Crippen LogP contribution in [0.1, 0.15) is 10.4 Å². The average molecular weight is 270 g/mol. The predicted molar refractivity (Wildman–Crippen MR) is 61.1 cm³/mol. The first-order valence-electron chi connectivity index (χ1n) is 5.01. The van der Waals surface area contributed by atoms with Crippen molar-refractivity contribution in [1.82, 2.24) is 0 Å². The lowest BCUT2D eigenvalue weighted by atomic mass is 10.2. The molecule has 1 aromatic carbocycles. The van der Waals surface area contributed by atoms with Gasteiger partial charge in [0.25, 0.3) is 0 Å². The molecule has 0 unspecified atom stereocenters. The first-order chi connectivity index (χ1) is 8.99. The van der Waals surface area contributed by atoms with E-state index < -0.39 is 23.3 Å². The van der Waals surface area contributed by atoms with Gasteiger partial charge in [0.15, 0.2) is 0 Å². The summed E-state index contributed by atoms with van der Waals surface area (Å²) in [6, 6.07) is 2.87. The van der Waals surface area contributed by atoms with E-state index in [1.165, 1.54) is 7.11 Å². The Balaban J connectivity index is 3.13. The number of rotatable bonds is 5. The molecule has 0 amide bonds. The van der Waals surface area contributed by atoms with Gasteiger partial charge in [0.2, 0.25) is 5.76 Å². The van der Waals surface area contributed by atoms with Crippen LogP contribution in [0, 0.1) is 5.82 Å². The Hall–Kier alpha value is -2.57. The summed E-state index contributed by atoms with van der Waals surface area (Å²) in [4.78, 5) is 22.3. The molecule has 1 rings (SSSR count). The molecule has 0 aliphatic heterocycles. The van der Waals surface area contributed by atoms with E-state index in [0.29, 0.717) is 0 Å². The van der Waals surface area contributed by atoms with Gasteiger partial charge >= 0.3 is 11.9 Å². The van der Waals surface area contributed by atoms with E-state index in [1.807, 2.05) is 0 Å². The summed E-state index contributed by atoms with van der Waals surface area (Å²) in [5.74, 6) is -3.56. The van der Waals surface area contributed by atoms with Crippen LogP contribution in [0.5, 0.6) is 5.75 Å². The number of halogens is 1. The number of methoxy groups -OCH3 is 2. The Labute approximate surface area is 108 Å². The molecule has 6 nitrogen and oxygen atoms in total. The third-order valence-electron chi connectivity index (χ3n) is 2.00. The number of carbonyl (C=O) groups is 2. The Morgan fingerprint density at radius 1 is 1.32 bits per heavy atom. The minimum Gasteiger partial charge on any atom is -0.500 e. The molecular formula is C12H11FO6. The van der Waals surface area contributed by atoms with E-state index in [2.05, 4.69) is 9.47 Å². The minimum absolute atomic E-state index is 0.206. The van der Waals surface area contributed by atoms with Crippen molar-refractivity contribution in [2.24, 2.45) is 0 Å². The fraction of sp³-hybridized carbons (Fsp3) is 0.167. The molecule has 0 fully saturated rings. The molecular weight excluding hydrogens is 259 g/mol. The van der Waals surface area contributed by atoms with E-state index in [9.17, 15) is 14.0 Å². The minimum atomic E-state index is -1.39. The summed E-state index contributed by atoms with van der Waals surface area (Å²) in [5.41, 5.74) is -0.425. The van der Waals surface area contributed by atoms with Crippen LogP contribution < -0.4 is 4.74 Å².